The van der Waals surface area contributed by atoms with Crippen molar-refractivity contribution in [1.82, 2.24) is 15.0 Å². The number of anilines is 6. The van der Waals surface area contributed by atoms with Crippen molar-refractivity contribution >= 4 is 82.7 Å². The Morgan fingerprint density at radius 1 is 0.467 bits per heavy atom. The molecule has 0 aliphatic carbocycles. The number of rotatable bonds is 6. The van der Waals surface area contributed by atoms with Gasteiger partial charge in [-0.1, -0.05) is 66.0 Å². The fourth-order valence-electron chi connectivity index (χ4n) is 2.63. The summed E-state index contributed by atoms with van der Waals surface area (Å²) in [6, 6.07) is 23.4. The van der Waals surface area contributed by atoms with Gasteiger partial charge in [-0.25, -0.2) is 0 Å². The van der Waals surface area contributed by atoms with E-state index in [1.54, 1.807) is 0 Å². The van der Waals surface area contributed by atoms with Crippen LogP contribution in [-0.2, 0) is 0 Å². The van der Waals surface area contributed by atoms with Crippen LogP contribution < -0.4 is 16.0 Å². The molecule has 0 fully saturated rings. The van der Waals surface area contributed by atoms with Gasteiger partial charge in [0, 0.05) is 30.5 Å². The van der Waals surface area contributed by atoms with Crippen molar-refractivity contribution in [3.8, 4) is 0 Å². The Bertz CT molecular complexity index is 1030. The quantitative estimate of drug-likeness (QED) is 0.217. The Labute approximate surface area is 199 Å². The average molecular weight is 591 g/mol. The predicted octanol–water partition coefficient (Wildman–Crippen LogP) is 7.39. The fraction of sp³-hybridized carbons (Fsp3) is 0. The smallest absolute Gasteiger partial charge is 0.233 e. The van der Waals surface area contributed by atoms with Crippen molar-refractivity contribution in [3.63, 3.8) is 0 Å². The molecule has 0 saturated carbocycles. The van der Waals surface area contributed by atoms with E-state index in [1.165, 1.54) is 0 Å². The number of nitrogens with zero attached hydrogens (tertiary/aromatic N) is 3. The molecule has 3 N–H and O–H groups in total. The van der Waals surface area contributed by atoms with Gasteiger partial charge in [0.1, 0.15) is 0 Å². The van der Waals surface area contributed by atoms with Crippen molar-refractivity contribution in [1.29, 1.82) is 0 Å². The summed E-state index contributed by atoms with van der Waals surface area (Å²) in [7, 11) is 0. The Kier molecular flexibility index (Phi) is 6.61. The second-order valence-corrected chi connectivity index (χ2v) is 8.96. The molecular weight excluding hydrogens is 576 g/mol. The third-order valence-electron chi connectivity index (χ3n) is 3.88. The van der Waals surface area contributed by atoms with Gasteiger partial charge in [-0.05, 0) is 54.6 Å². The van der Waals surface area contributed by atoms with Crippen molar-refractivity contribution in [2.45, 2.75) is 0 Å². The lowest BCUT2D eigenvalue weighted by molar-refractivity contribution is 1.06. The van der Waals surface area contributed by atoms with Gasteiger partial charge < -0.3 is 16.0 Å². The minimum Gasteiger partial charge on any atom is -0.324 e. The largest absolute Gasteiger partial charge is 0.324 e. The van der Waals surface area contributed by atoms with Gasteiger partial charge >= 0.3 is 0 Å². The van der Waals surface area contributed by atoms with E-state index in [9.17, 15) is 0 Å². The second-order valence-electron chi connectivity index (χ2n) is 6.21. The number of aromatic nitrogens is 3. The van der Waals surface area contributed by atoms with E-state index in [-0.39, 0.29) is 0 Å². The molecule has 1 aromatic heterocycles. The third kappa shape index (κ3) is 5.78. The Balaban J connectivity index is 1.67. The molecule has 4 rings (SSSR count). The van der Waals surface area contributed by atoms with Crippen molar-refractivity contribution in [2.24, 2.45) is 0 Å². The molecule has 30 heavy (non-hydrogen) atoms. The number of nitrogens with one attached hydrogen (secondary N) is 3. The summed E-state index contributed by atoms with van der Waals surface area (Å²) in [6.07, 6.45) is 0. The maximum atomic E-state index is 4.52. The van der Waals surface area contributed by atoms with E-state index in [2.05, 4.69) is 78.7 Å². The minimum atomic E-state index is 0.415. The van der Waals surface area contributed by atoms with Crippen LogP contribution in [0.15, 0.2) is 86.2 Å². The lowest BCUT2D eigenvalue weighted by Gasteiger charge is -2.12. The first kappa shape index (κ1) is 20.8. The molecule has 0 saturated heterocycles. The highest BCUT2D eigenvalue weighted by molar-refractivity contribution is 9.11. The van der Waals surface area contributed by atoms with Gasteiger partial charge in [0.15, 0.2) is 0 Å². The van der Waals surface area contributed by atoms with Gasteiger partial charge in [-0.3, -0.25) is 0 Å². The first-order chi connectivity index (χ1) is 14.5. The summed E-state index contributed by atoms with van der Waals surface area (Å²) < 4.78 is 2.88. The molecule has 0 radical (unpaired) electrons. The number of halogens is 3. The third-order valence-corrected chi connectivity index (χ3v) is 5.36. The van der Waals surface area contributed by atoms with E-state index in [4.69, 9.17) is 0 Å². The Morgan fingerprint density at radius 3 is 1.03 bits per heavy atom. The summed E-state index contributed by atoms with van der Waals surface area (Å²) in [6.45, 7) is 0. The molecule has 6 nitrogen and oxygen atoms in total. The minimum absolute atomic E-state index is 0.415. The number of hydrogen-bond donors (Lipinski definition) is 3. The summed E-state index contributed by atoms with van der Waals surface area (Å²) >= 11 is 10.4. The van der Waals surface area contributed by atoms with Crippen LogP contribution in [0.1, 0.15) is 0 Å². The molecule has 0 unspecified atom stereocenters. The SMILES string of the molecule is Brc1cccc(Nc2nc(Nc3cccc(Br)c3)nc(Nc3cccc(Br)c3)n2)c1. The zero-order chi connectivity index (χ0) is 20.9. The van der Waals surface area contributed by atoms with E-state index < -0.39 is 0 Å². The van der Waals surface area contributed by atoms with Crippen LogP contribution in [-0.4, -0.2) is 15.0 Å². The lowest BCUT2D eigenvalue weighted by Crippen LogP contribution is -2.07. The first-order valence-corrected chi connectivity index (χ1v) is 11.3. The first-order valence-electron chi connectivity index (χ1n) is 8.87. The normalized spacial score (nSPS) is 10.5. The van der Waals surface area contributed by atoms with Gasteiger partial charge in [0.2, 0.25) is 17.8 Å². The van der Waals surface area contributed by atoms with E-state index in [0.717, 1.165) is 30.5 Å². The molecule has 1 heterocycles. The van der Waals surface area contributed by atoms with Gasteiger partial charge in [-0.15, -0.1) is 0 Å². The summed E-state index contributed by atoms with van der Waals surface area (Å²) in [5.41, 5.74) is 2.58. The van der Waals surface area contributed by atoms with E-state index in [0.29, 0.717) is 17.8 Å². The van der Waals surface area contributed by atoms with Crippen LogP contribution in [0.3, 0.4) is 0 Å². The highest BCUT2D eigenvalue weighted by Gasteiger charge is 2.09. The van der Waals surface area contributed by atoms with Crippen molar-refractivity contribution in [2.75, 3.05) is 16.0 Å². The zero-order valence-corrected chi connectivity index (χ0v) is 20.2. The van der Waals surface area contributed by atoms with E-state index in [1.807, 2.05) is 72.8 Å². The van der Waals surface area contributed by atoms with Crippen LogP contribution in [0.5, 0.6) is 0 Å². The lowest BCUT2D eigenvalue weighted by atomic mass is 10.3. The maximum Gasteiger partial charge on any atom is 0.233 e. The van der Waals surface area contributed by atoms with Crippen LogP contribution in [0.25, 0.3) is 0 Å². The molecule has 0 amide bonds. The molecule has 0 aliphatic rings. The Morgan fingerprint density at radius 2 is 0.767 bits per heavy atom. The molecule has 150 valence electrons. The summed E-state index contributed by atoms with van der Waals surface area (Å²) in [5.74, 6) is 1.24. The average Bonchev–Trinajstić information content (AvgIpc) is 2.68. The summed E-state index contributed by atoms with van der Waals surface area (Å²) in [5, 5.41) is 9.69. The van der Waals surface area contributed by atoms with Crippen LogP contribution in [0.4, 0.5) is 34.9 Å². The van der Waals surface area contributed by atoms with E-state index >= 15 is 0 Å². The monoisotopic (exact) mass is 588 g/mol. The molecular formula is C21H15Br3N6. The number of hydrogen-bond acceptors (Lipinski definition) is 6. The molecule has 0 bridgehead atoms. The molecule has 9 heteroatoms. The van der Waals surface area contributed by atoms with Gasteiger partial charge in [0.05, 0.1) is 0 Å². The molecule has 0 aliphatic heterocycles. The van der Waals surface area contributed by atoms with Crippen molar-refractivity contribution in [3.05, 3.63) is 86.2 Å². The molecule has 0 atom stereocenters. The standard InChI is InChI=1S/C21H15Br3N6/c22-13-4-1-7-16(10-13)25-19-28-20(26-17-8-2-5-14(23)11-17)30-21(29-19)27-18-9-3-6-15(24)12-18/h1-12H,(H3,25,26,27,28,29,30). The topological polar surface area (TPSA) is 74.8 Å². The summed E-state index contributed by atoms with van der Waals surface area (Å²) in [4.78, 5) is 13.6. The number of benzene rings is 3. The van der Waals surface area contributed by atoms with Gasteiger partial charge in [-0.2, -0.15) is 15.0 Å². The Hall–Kier alpha value is -2.49. The highest BCUT2D eigenvalue weighted by atomic mass is 79.9. The van der Waals surface area contributed by atoms with Crippen LogP contribution in [0, 0.1) is 0 Å². The van der Waals surface area contributed by atoms with Gasteiger partial charge in [0.25, 0.3) is 0 Å². The highest BCUT2D eigenvalue weighted by Crippen LogP contribution is 2.24. The van der Waals surface area contributed by atoms with Crippen LogP contribution >= 0.6 is 47.8 Å². The van der Waals surface area contributed by atoms with Crippen LogP contribution in [0.2, 0.25) is 0 Å². The second kappa shape index (κ2) is 9.55. The molecule has 0 spiro atoms. The molecule has 3 aromatic carbocycles. The maximum absolute atomic E-state index is 4.52. The molecule has 4 aromatic rings. The van der Waals surface area contributed by atoms with Crippen molar-refractivity contribution < 1.29 is 0 Å². The predicted molar refractivity (Wildman–Crippen MR) is 132 cm³/mol. The zero-order valence-electron chi connectivity index (χ0n) is 15.4. The fourth-order valence-corrected chi connectivity index (χ4v) is 3.83.